The number of H-pyrrole nitrogens is 1. The van der Waals surface area contributed by atoms with Crippen molar-refractivity contribution in [2.24, 2.45) is 5.92 Å². The van der Waals surface area contributed by atoms with E-state index >= 15 is 0 Å². The molecule has 2 rings (SSSR count). The van der Waals surface area contributed by atoms with Gasteiger partial charge in [-0.15, -0.1) is 10.2 Å². The highest BCUT2D eigenvalue weighted by atomic mass is 16.3. The second kappa shape index (κ2) is 3.93. The van der Waals surface area contributed by atoms with E-state index in [1.807, 2.05) is 6.92 Å². The summed E-state index contributed by atoms with van der Waals surface area (Å²) in [7, 11) is 0. The molecule has 2 unspecified atom stereocenters. The molecule has 2 N–H and O–H groups in total. The van der Waals surface area contributed by atoms with Crippen molar-refractivity contribution >= 4 is 5.91 Å². The minimum atomic E-state index is -0.463. The van der Waals surface area contributed by atoms with Crippen molar-refractivity contribution in [1.82, 2.24) is 25.5 Å². The molecule has 0 bridgehead atoms. The molecule has 7 heteroatoms. The zero-order valence-corrected chi connectivity index (χ0v) is 8.42. The van der Waals surface area contributed by atoms with Crippen molar-refractivity contribution in [2.75, 3.05) is 13.1 Å². The molecule has 1 aromatic heterocycles. The Hall–Kier alpha value is -1.50. The molecule has 1 aliphatic heterocycles. The van der Waals surface area contributed by atoms with Gasteiger partial charge in [-0.3, -0.25) is 4.79 Å². The number of hydrogen-bond donors (Lipinski definition) is 2. The van der Waals surface area contributed by atoms with Crippen LogP contribution in [-0.4, -0.2) is 55.7 Å². The van der Waals surface area contributed by atoms with E-state index in [9.17, 15) is 9.90 Å². The number of nitrogens with one attached hydrogen (secondary N) is 1. The lowest BCUT2D eigenvalue weighted by atomic mass is 9.96. The van der Waals surface area contributed by atoms with Crippen LogP contribution in [0.4, 0.5) is 0 Å². The number of carbonyl (C=O) groups excluding carboxylic acids is 1. The van der Waals surface area contributed by atoms with Gasteiger partial charge in [0.15, 0.2) is 0 Å². The zero-order valence-electron chi connectivity index (χ0n) is 8.42. The van der Waals surface area contributed by atoms with Gasteiger partial charge in [-0.1, -0.05) is 6.92 Å². The number of aromatic amines is 1. The Kier molecular flexibility index (Phi) is 2.63. The Morgan fingerprint density at radius 1 is 1.67 bits per heavy atom. The molecule has 0 spiro atoms. The Morgan fingerprint density at radius 3 is 3.07 bits per heavy atom. The second-order valence-electron chi connectivity index (χ2n) is 3.82. The van der Waals surface area contributed by atoms with Gasteiger partial charge < -0.3 is 10.0 Å². The summed E-state index contributed by atoms with van der Waals surface area (Å²) in [4.78, 5) is 13.3. The van der Waals surface area contributed by atoms with E-state index in [-0.39, 0.29) is 17.6 Å². The van der Waals surface area contributed by atoms with E-state index in [4.69, 9.17) is 0 Å². The van der Waals surface area contributed by atoms with Crippen LogP contribution in [0.15, 0.2) is 0 Å². The number of likely N-dealkylation sites (tertiary alicyclic amines) is 1. The highest BCUT2D eigenvalue weighted by Gasteiger charge is 2.29. The summed E-state index contributed by atoms with van der Waals surface area (Å²) in [6.45, 7) is 2.95. The fourth-order valence-electron chi connectivity index (χ4n) is 1.63. The van der Waals surface area contributed by atoms with Gasteiger partial charge in [-0.2, -0.15) is 5.21 Å². The van der Waals surface area contributed by atoms with Crippen molar-refractivity contribution in [3.63, 3.8) is 0 Å². The number of tetrazole rings is 1. The topological polar surface area (TPSA) is 95.0 Å². The maximum Gasteiger partial charge on any atom is 0.295 e. The first-order chi connectivity index (χ1) is 7.18. The number of aliphatic hydroxyl groups is 1. The van der Waals surface area contributed by atoms with Crippen molar-refractivity contribution in [3.05, 3.63) is 5.82 Å². The summed E-state index contributed by atoms with van der Waals surface area (Å²) in [6.07, 6.45) is 0.333. The average molecular weight is 211 g/mol. The predicted molar refractivity (Wildman–Crippen MR) is 49.9 cm³/mol. The van der Waals surface area contributed by atoms with E-state index in [1.54, 1.807) is 4.90 Å². The molecular formula is C8H13N5O2. The van der Waals surface area contributed by atoms with Crippen LogP contribution in [-0.2, 0) is 0 Å². The number of aliphatic hydroxyl groups excluding tert-OH is 1. The molecule has 0 radical (unpaired) electrons. The van der Waals surface area contributed by atoms with Gasteiger partial charge in [-0.05, 0) is 17.6 Å². The van der Waals surface area contributed by atoms with Gasteiger partial charge in [0, 0.05) is 13.1 Å². The third-order valence-corrected chi connectivity index (χ3v) is 2.74. The number of nitrogens with zero attached hydrogens (tertiary/aromatic N) is 4. The molecule has 0 saturated carbocycles. The second-order valence-corrected chi connectivity index (χ2v) is 3.82. The minimum Gasteiger partial charge on any atom is -0.391 e. The number of β-amino-alcohol motifs (C(OH)–C–C–N with tert-alkyl or cyclic N) is 1. The lowest BCUT2D eigenvalue weighted by Crippen LogP contribution is -2.46. The lowest BCUT2D eigenvalue weighted by Gasteiger charge is -2.33. The summed E-state index contributed by atoms with van der Waals surface area (Å²) >= 11 is 0. The monoisotopic (exact) mass is 211 g/mol. The summed E-state index contributed by atoms with van der Waals surface area (Å²) in [5.41, 5.74) is 0. The Balaban J connectivity index is 2.03. The molecular weight excluding hydrogens is 198 g/mol. The Labute approximate surface area is 86.5 Å². The summed E-state index contributed by atoms with van der Waals surface area (Å²) in [5, 5.41) is 22.4. The van der Waals surface area contributed by atoms with E-state index < -0.39 is 6.10 Å². The van der Waals surface area contributed by atoms with Crippen LogP contribution in [0.3, 0.4) is 0 Å². The smallest absolute Gasteiger partial charge is 0.295 e. The van der Waals surface area contributed by atoms with Crippen molar-refractivity contribution in [2.45, 2.75) is 19.4 Å². The number of carbonyl (C=O) groups is 1. The molecule has 82 valence electrons. The molecule has 2 heterocycles. The molecule has 0 aliphatic carbocycles. The third kappa shape index (κ3) is 1.96. The maximum absolute atomic E-state index is 11.7. The Morgan fingerprint density at radius 2 is 2.47 bits per heavy atom. The standard InChI is InChI=1S/C8H13N5O2/c1-5-2-3-13(4-6(5)14)8(15)7-9-11-12-10-7/h5-6,14H,2-4H2,1H3,(H,9,10,11,12). The fourth-order valence-corrected chi connectivity index (χ4v) is 1.63. The van der Waals surface area contributed by atoms with Crippen LogP contribution in [0.1, 0.15) is 24.0 Å². The predicted octanol–water partition coefficient (Wildman–Crippen LogP) is -0.957. The van der Waals surface area contributed by atoms with Gasteiger partial charge in [0.25, 0.3) is 11.7 Å². The molecule has 1 saturated heterocycles. The summed E-state index contributed by atoms with van der Waals surface area (Å²) in [5.74, 6) is 0.00534. The van der Waals surface area contributed by atoms with Crippen molar-refractivity contribution in [1.29, 1.82) is 0 Å². The molecule has 1 aromatic rings. The largest absolute Gasteiger partial charge is 0.391 e. The van der Waals surface area contributed by atoms with Crippen LogP contribution in [0.5, 0.6) is 0 Å². The molecule has 7 nitrogen and oxygen atoms in total. The fraction of sp³-hybridized carbons (Fsp3) is 0.750. The van der Waals surface area contributed by atoms with E-state index in [0.717, 1.165) is 6.42 Å². The molecule has 1 fully saturated rings. The van der Waals surface area contributed by atoms with Gasteiger partial charge in [-0.25, -0.2) is 0 Å². The maximum atomic E-state index is 11.7. The van der Waals surface area contributed by atoms with Crippen LogP contribution in [0.2, 0.25) is 0 Å². The average Bonchev–Trinajstić information content (AvgIpc) is 2.74. The normalized spacial score (nSPS) is 26.7. The first-order valence-electron chi connectivity index (χ1n) is 4.89. The first-order valence-corrected chi connectivity index (χ1v) is 4.89. The van der Waals surface area contributed by atoms with Crippen LogP contribution in [0, 0.1) is 5.92 Å². The molecule has 15 heavy (non-hydrogen) atoms. The van der Waals surface area contributed by atoms with Crippen LogP contribution >= 0.6 is 0 Å². The quantitative estimate of drug-likeness (QED) is 0.624. The molecule has 0 aromatic carbocycles. The number of amides is 1. The van der Waals surface area contributed by atoms with Crippen LogP contribution < -0.4 is 0 Å². The highest BCUT2D eigenvalue weighted by molar-refractivity contribution is 5.90. The number of piperidine rings is 1. The number of aromatic nitrogens is 4. The lowest BCUT2D eigenvalue weighted by molar-refractivity contribution is 0.0241. The summed E-state index contributed by atoms with van der Waals surface area (Å²) < 4.78 is 0. The Bertz CT molecular complexity index is 339. The van der Waals surface area contributed by atoms with Crippen molar-refractivity contribution < 1.29 is 9.90 Å². The van der Waals surface area contributed by atoms with E-state index in [2.05, 4.69) is 20.6 Å². The van der Waals surface area contributed by atoms with Gasteiger partial charge in [0.05, 0.1) is 6.10 Å². The molecule has 1 amide bonds. The van der Waals surface area contributed by atoms with E-state index in [1.165, 1.54) is 0 Å². The van der Waals surface area contributed by atoms with Gasteiger partial charge in [0.2, 0.25) is 0 Å². The molecule has 1 aliphatic rings. The summed E-state index contributed by atoms with van der Waals surface area (Å²) in [6, 6.07) is 0. The highest BCUT2D eigenvalue weighted by Crippen LogP contribution is 2.17. The number of hydrogen-bond acceptors (Lipinski definition) is 5. The van der Waals surface area contributed by atoms with Gasteiger partial charge >= 0.3 is 0 Å². The van der Waals surface area contributed by atoms with Gasteiger partial charge in [0.1, 0.15) is 0 Å². The third-order valence-electron chi connectivity index (χ3n) is 2.74. The van der Waals surface area contributed by atoms with Crippen molar-refractivity contribution in [3.8, 4) is 0 Å². The zero-order chi connectivity index (χ0) is 10.8. The minimum absolute atomic E-state index is 0.0525. The molecule has 2 atom stereocenters. The van der Waals surface area contributed by atoms with Crippen LogP contribution in [0.25, 0.3) is 0 Å². The number of rotatable bonds is 1. The first kappa shape index (κ1) is 10.0. The van der Waals surface area contributed by atoms with E-state index in [0.29, 0.717) is 13.1 Å². The SMILES string of the molecule is CC1CCN(C(=O)c2nn[nH]n2)CC1O.